The summed E-state index contributed by atoms with van der Waals surface area (Å²) in [7, 11) is 0. The Labute approximate surface area is 120 Å². The molecule has 0 atom stereocenters. The highest BCUT2D eigenvalue weighted by molar-refractivity contribution is 5.34. The zero-order valence-corrected chi connectivity index (χ0v) is 13.3. The molecule has 0 heterocycles. The molecule has 0 fully saturated rings. The van der Waals surface area contributed by atoms with Crippen LogP contribution in [0.25, 0.3) is 0 Å². The van der Waals surface area contributed by atoms with Crippen molar-refractivity contribution in [1.29, 1.82) is 0 Å². The van der Waals surface area contributed by atoms with E-state index in [1.807, 2.05) is 0 Å². The molecule has 1 aromatic carbocycles. The average molecular weight is 260 g/mol. The fourth-order valence-corrected chi connectivity index (χ4v) is 2.76. The van der Waals surface area contributed by atoms with Crippen molar-refractivity contribution < 1.29 is 0 Å². The van der Waals surface area contributed by atoms with Crippen LogP contribution in [0.1, 0.15) is 81.9 Å². The molecule has 1 aromatic rings. The molecule has 0 unspecified atom stereocenters. The molecule has 0 heteroatoms. The predicted molar refractivity (Wildman–Crippen MR) is 86.9 cm³/mol. The molecule has 0 spiro atoms. The van der Waals surface area contributed by atoms with Gasteiger partial charge in [0.05, 0.1) is 0 Å². The monoisotopic (exact) mass is 260 g/mol. The van der Waals surface area contributed by atoms with Crippen LogP contribution in [0.4, 0.5) is 0 Å². The molecule has 1 rings (SSSR count). The van der Waals surface area contributed by atoms with Gasteiger partial charge in [-0.1, -0.05) is 70.6 Å². The SMILES string of the molecule is CCCCCCc1cccc(CCCCCC)c1C. The van der Waals surface area contributed by atoms with Gasteiger partial charge in [0, 0.05) is 0 Å². The van der Waals surface area contributed by atoms with Crippen LogP contribution < -0.4 is 0 Å². The van der Waals surface area contributed by atoms with E-state index in [9.17, 15) is 0 Å². The standard InChI is InChI=1S/C19H32/c1-4-6-8-10-13-18-15-12-16-19(17(18)3)14-11-9-7-5-2/h12,15-16H,4-11,13-14H2,1-3H3. The number of rotatable bonds is 10. The molecule has 0 N–H and O–H groups in total. The van der Waals surface area contributed by atoms with E-state index in [0.717, 1.165) is 0 Å². The van der Waals surface area contributed by atoms with Gasteiger partial charge in [-0.25, -0.2) is 0 Å². The van der Waals surface area contributed by atoms with Crippen LogP contribution in [0.15, 0.2) is 18.2 Å². The molecule has 0 saturated heterocycles. The fraction of sp³-hybridized carbons (Fsp3) is 0.684. The van der Waals surface area contributed by atoms with Crippen molar-refractivity contribution in [3.63, 3.8) is 0 Å². The Morgan fingerprint density at radius 3 is 1.58 bits per heavy atom. The number of hydrogen-bond donors (Lipinski definition) is 0. The van der Waals surface area contributed by atoms with Gasteiger partial charge in [-0.3, -0.25) is 0 Å². The van der Waals surface area contributed by atoms with E-state index >= 15 is 0 Å². The van der Waals surface area contributed by atoms with Gasteiger partial charge >= 0.3 is 0 Å². The first kappa shape index (κ1) is 16.3. The largest absolute Gasteiger partial charge is 0.0654 e. The van der Waals surface area contributed by atoms with Crippen LogP contribution >= 0.6 is 0 Å². The molecule has 0 amide bonds. The van der Waals surface area contributed by atoms with E-state index in [1.54, 1.807) is 16.7 Å². The summed E-state index contributed by atoms with van der Waals surface area (Å²) in [6.45, 7) is 6.88. The number of aryl methyl sites for hydroxylation is 2. The summed E-state index contributed by atoms with van der Waals surface area (Å²) in [6.07, 6.45) is 13.5. The first-order valence-electron chi connectivity index (χ1n) is 8.37. The second-order valence-corrected chi connectivity index (χ2v) is 5.82. The van der Waals surface area contributed by atoms with Crippen LogP contribution in [-0.2, 0) is 12.8 Å². The zero-order chi connectivity index (χ0) is 13.9. The first-order valence-corrected chi connectivity index (χ1v) is 8.37. The van der Waals surface area contributed by atoms with E-state index in [4.69, 9.17) is 0 Å². The van der Waals surface area contributed by atoms with Crippen LogP contribution in [0, 0.1) is 6.92 Å². The van der Waals surface area contributed by atoms with Crippen molar-refractivity contribution >= 4 is 0 Å². The van der Waals surface area contributed by atoms with E-state index in [1.165, 1.54) is 64.2 Å². The van der Waals surface area contributed by atoms with Gasteiger partial charge < -0.3 is 0 Å². The van der Waals surface area contributed by atoms with Gasteiger partial charge in [0.15, 0.2) is 0 Å². The van der Waals surface area contributed by atoms with Gasteiger partial charge in [-0.2, -0.15) is 0 Å². The van der Waals surface area contributed by atoms with E-state index < -0.39 is 0 Å². The van der Waals surface area contributed by atoms with Gasteiger partial charge in [-0.05, 0) is 49.3 Å². The van der Waals surface area contributed by atoms with Crippen molar-refractivity contribution in [2.24, 2.45) is 0 Å². The van der Waals surface area contributed by atoms with Crippen molar-refractivity contribution in [3.8, 4) is 0 Å². The highest BCUT2D eigenvalue weighted by Gasteiger charge is 2.03. The number of unbranched alkanes of at least 4 members (excludes halogenated alkanes) is 6. The van der Waals surface area contributed by atoms with Crippen molar-refractivity contribution in [3.05, 3.63) is 34.9 Å². The molecule has 0 aliphatic carbocycles. The lowest BCUT2D eigenvalue weighted by Crippen LogP contribution is -1.96. The quantitative estimate of drug-likeness (QED) is 0.437. The van der Waals surface area contributed by atoms with Gasteiger partial charge in [0.2, 0.25) is 0 Å². The summed E-state index contributed by atoms with van der Waals surface area (Å²) < 4.78 is 0. The van der Waals surface area contributed by atoms with E-state index in [0.29, 0.717) is 0 Å². The first-order chi connectivity index (χ1) is 9.29. The third-order valence-corrected chi connectivity index (χ3v) is 4.16. The molecule has 0 radical (unpaired) electrons. The maximum absolute atomic E-state index is 2.33. The molecule has 0 aliphatic heterocycles. The smallest absolute Gasteiger partial charge is 0.0276 e. The van der Waals surface area contributed by atoms with Crippen molar-refractivity contribution in [2.45, 2.75) is 85.0 Å². The Kier molecular flexibility index (Phi) is 8.62. The Hall–Kier alpha value is -0.780. The Balaban J connectivity index is 2.44. The highest BCUT2D eigenvalue weighted by atomic mass is 14.1. The molecule has 0 nitrogen and oxygen atoms in total. The van der Waals surface area contributed by atoms with Crippen molar-refractivity contribution in [2.75, 3.05) is 0 Å². The lowest BCUT2D eigenvalue weighted by atomic mass is 9.94. The van der Waals surface area contributed by atoms with E-state index in [2.05, 4.69) is 39.0 Å². The molecule has 19 heavy (non-hydrogen) atoms. The molecule has 0 bridgehead atoms. The Morgan fingerprint density at radius 2 is 1.16 bits per heavy atom. The Bertz CT molecular complexity index is 308. The molecule has 0 aromatic heterocycles. The summed E-state index contributed by atoms with van der Waals surface area (Å²) in [5, 5.41) is 0. The fourth-order valence-electron chi connectivity index (χ4n) is 2.76. The lowest BCUT2D eigenvalue weighted by molar-refractivity contribution is 0.658. The lowest BCUT2D eigenvalue weighted by Gasteiger charge is -2.11. The van der Waals surface area contributed by atoms with Crippen LogP contribution in [0.2, 0.25) is 0 Å². The summed E-state index contributed by atoms with van der Waals surface area (Å²) >= 11 is 0. The van der Waals surface area contributed by atoms with Gasteiger partial charge in [0.25, 0.3) is 0 Å². The molecule has 0 aliphatic rings. The summed E-state index contributed by atoms with van der Waals surface area (Å²) in [6, 6.07) is 6.92. The predicted octanol–water partition coefficient (Wildman–Crippen LogP) is 6.24. The highest BCUT2D eigenvalue weighted by Crippen LogP contribution is 2.19. The molecule has 0 saturated carbocycles. The summed E-state index contributed by atoms with van der Waals surface area (Å²) in [5.41, 5.74) is 4.74. The van der Waals surface area contributed by atoms with Crippen molar-refractivity contribution in [1.82, 2.24) is 0 Å². The minimum atomic E-state index is 1.27. The van der Waals surface area contributed by atoms with E-state index in [-0.39, 0.29) is 0 Å². The minimum absolute atomic E-state index is 1.27. The topological polar surface area (TPSA) is 0 Å². The average Bonchev–Trinajstić information content (AvgIpc) is 2.43. The molecule has 108 valence electrons. The van der Waals surface area contributed by atoms with Crippen LogP contribution in [0.3, 0.4) is 0 Å². The maximum Gasteiger partial charge on any atom is -0.0276 e. The normalized spacial score (nSPS) is 10.9. The second-order valence-electron chi connectivity index (χ2n) is 5.82. The molecular weight excluding hydrogens is 228 g/mol. The molecular formula is C19H32. The Morgan fingerprint density at radius 1 is 0.684 bits per heavy atom. The number of benzene rings is 1. The zero-order valence-electron chi connectivity index (χ0n) is 13.3. The van der Waals surface area contributed by atoms with Gasteiger partial charge in [-0.15, -0.1) is 0 Å². The third-order valence-electron chi connectivity index (χ3n) is 4.16. The van der Waals surface area contributed by atoms with Crippen LogP contribution in [-0.4, -0.2) is 0 Å². The maximum atomic E-state index is 2.33. The summed E-state index contributed by atoms with van der Waals surface area (Å²) in [4.78, 5) is 0. The second kappa shape index (κ2) is 10.1. The third kappa shape index (κ3) is 6.27. The van der Waals surface area contributed by atoms with Gasteiger partial charge in [0.1, 0.15) is 0 Å². The minimum Gasteiger partial charge on any atom is -0.0654 e. The van der Waals surface area contributed by atoms with Crippen LogP contribution in [0.5, 0.6) is 0 Å². The summed E-state index contributed by atoms with van der Waals surface area (Å²) in [5.74, 6) is 0. The number of hydrogen-bond acceptors (Lipinski definition) is 0.